The van der Waals surface area contributed by atoms with Gasteiger partial charge in [0, 0.05) is 29.7 Å². The molecular weight excluding hydrogens is 885 g/mol. The van der Waals surface area contributed by atoms with Gasteiger partial charge in [0.15, 0.2) is 0 Å². The average molecular weight is 977 g/mol. The normalized spacial score (nSPS) is 15.6. The molecule has 392 valence electrons. The van der Waals surface area contributed by atoms with E-state index < -0.39 is 5.97 Å². The van der Waals surface area contributed by atoms with Crippen LogP contribution < -0.4 is 20.5 Å². The molecule has 1 aliphatic heterocycles. The molecule has 1 amide bonds. The van der Waals surface area contributed by atoms with Crippen molar-refractivity contribution in [3.8, 4) is 11.5 Å². The minimum atomic E-state index is -0.841. The lowest BCUT2D eigenvalue weighted by molar-refractivity contribution is -0.137. The summed E-state index contributed by atoms with van der Waals surface area (Å²) in [6.07, 6.45) is 8.53. The third kappa shape index (κ3) is 15.7. The molecule has 1 saturated heterocycles. The van der Waals surface area contributed by atoms with Gasteiger partial charge in [0.05, 0.1) is 18.2 Å². The fourth-order valence-corrected chi connectivity index (χ4v) is 10.3. The van der Waals surface area contributed by atoms with E-state index in [1.54, 1.807) is 0 Å². The molecule has 9 heteroatoms. The van der Waals surface area contributed by atoms with E-state index in [4.69, 9.17) is 20.3 Å². The molecule has 0 aliphatic carbocycles. The molecule has 4 aromatic carbocycles. The zero-order valence-electron chi connectivity index (χ0n) is 46.2. The first-order valence-electron chi connectivity index (χ1n) is 26.6. The van der Waals surface area contributed by atoms with Crippen molar-refractivity contribution < 1.29 is 34.4 Å². The maximum atomic E-state index is 11.5. The highest BCUT2D eigenvalue weighted by molar-refractivity contribution is 5.78. The third-order valence-corrected chi connectivity index (χ3v) is 15.7. The Kier molecular flexibility index (Phi) is 21.4. The second-order valence-corrected chi connectivity index (χ2v) is 22.8. The maximum Gasteiger partial charge on any atom is 0.303 e. The molecule has 0 bridgehead atoms. The van der Waals surface area contributed by atoms with Gasteiger partial charge in [-0.2, -0.15) is 0 Å². The van der Waals surface area contributed by atoms with Crippen molar-refractivity contribution in [3.63, 3.8) is 0 Å². The monoisotopic (exact) mass is 977 g/mol. The molecule has 1 fully saturated rings. The number of amides is 1. The number of nitrogens with one attached hydrogen (secondary N) is 1. The first kappa shape index (κ1) is 58.9. The minimum Gasteiger partial charge on any atom is -0.492 e. The number of benzene rings is 4. The number of hydrogen-bond acceptors (Lipinski definition) is 7. The van der Waals surface area contributed by atoms with Gasteiger partial charge in [-0.25, -0.2) is 0 Å². The number of aliphatic hydroxyl groups excluding tert-OH is 2. The van der Waals surface area contributed by atoms with Crippen molar-refractivity contribution in [3.05, 3.63) is 128 Å². The second kappa shape index (κ2) is 25.8. The van der Waals surface area contributed by atoms with Crippen molar-refractivity contribution in [1.82, 2.24) is 5.32 Å². The van der Waals surface area contributed by atoms with E-state index in [2.05, 4.69) is 162 Å². The summed E-state index contributed by atoms with van der Waals surface area (Å²) in [6, 6.07) is 26.5. The van der Waals surface area contributed by atoms with Gasteiger partial charge in [-0.1, -0.05) is 130 Å². The van der Waals surface area contributed by atoms with Gasteiger partial charge in [0.1, 0.15) is 24.7 Å². The van der Waals surface area contributed by atoms with Crippen molar-refractivity contribution in [2.75, 3.05) is 13.2 Å². The summed E-state index contributed by atoms with van der Waals surface area (Å²) in [5.41, 5.74) is 18.3. The topological polar surface area (TPSA) is 151 Å². The number of carboxylic acid groups (broad SMARTS) is 1. The van der Waals surface area contributed by atoms with Crippen LogP contribution in [0.15, 0.2) is 72.8 Å². The van der Waals surface area contributed by atoms with E-state index >= 15 is 0 Å². The van der Waals surface area contributed by atoms with Crippen molar-refractivity contribution >= 4 is 11.9 Å². The molecule has 5 rings (SSSR count). The zero-order chi connectivity index (χ0) is 52.9. The highest BCUT2D eigenvalue weighted by Gasteiger charge is 2.34. The van der Waals surface area contributed by atoms with Crippen molar-refractivity contribution in [2.24, 2.45) is 16.6 Å². The highest BCUT2D eigenvalue weighted by atomic mass is 16.5. The number of hydrogen-bond donors (Lipinski definition) is 5. The second-order valence-electron chi connectivity index (χ2n) is 22.8. The van der Waals surface area contributed by atoms with E-state index in [-0.39, 0.29) is 58.3 Å². The number of carbonyl (C=O) groups excluding carboxylic acids is 1. The summed E-state index contributed by atoms with van der Waals surface area (Å²) in [6.45, 7) is 30.9. The molecule has 1 heterocycles. The summed E-state index contributed by atoms with van der Waals surface area (Å²) in [4.78, 5) is 22.2. The number of aliphatic carboxylic acids is 1. The number of rotatable bonds is 23. The maximum absolute atomic E-state index is 11.5. The number of ether oxygens (including phenoxy) is 2. The van der Waals surface area contributed by atoms with E-state index in [0.717, 1.165) is 80.4 Å². The number of carbonyl (C=O) groups is 2. The van der Waals surface area contributed by atoms with Crippen LogP contribution in [0.25, 0.3) is 0 Å². The van der Waals surface area contributed by atoms with Gasteiger partial charge >= 0.3 is 5.97 Å². The van der Waals surface area contributed by atoms with Gasteiger partial charge in [-0.15, -0.1) is 0 Å². The Balaban J connectivity index is 0.000000309. The number of nitrogens with two attached hydrogens (primary N) is 1. The molecule has 71 heavy (non-hydrogen) atoms. The summed E-state index contributed by atoms with van der Waals surface area (Å²) < 4.78 is 12.0. The lowest BCUT2D eigenvalue weighted by Gasteiger charge is -2.34. The van der Waals surface area contributed by atoms with Gasteiger partial charge in [0.25, 0.3) is 0 Å². The molecule has 1 aliphatic rings. The Morgan fingerprint density at radius 3 is 1.37 bits per heavy atom. The predicted octanol–water partition coefficient (Wildman–Crippen LogP) is 12.7. The molecule has 4 aromatic rings. The number of aliphatic hydroxyl groups is 2. The quantitative estimate of drug-likeness (QED) is 0.0493. The number of carboxylic acids is 1. The van der Waals surface area contributed by atoms with Crippen LogP contribution in [0.2, 0.25) is 0 Å². The smallest absolute Gasteiger partial charge is 0.303 e. The SMILES string of the molecule is CCC(CC)(c1ccc(CCC(O)C(C)(C)C)c(C)c1)c1ccc(OC[C@@H](N)CCC(=O)O)c(C)c1.CCC(CC)(c1ccc(CCC(O)C(C)(C)C)c(C)c1)c1ccc(OC[C@@H]2CCC(=O)N2)c(C)c1. The fraction of sp³-hybridized carbons (Fsp3) is 0.581. The standard InChI is InChI=1S/C31H47NO4.C31H45NO3/c1-8-31(9-2,24-12-10-23(21(3)18-24)11-16-28(33)30(5,6)7)25-13-15-27(22(4)19-25)36-20-26(32)14-17-29(34)35;1-8-31(9-2,24-12-10-23(21(3)18-24)11-16-28(33)30(5,6)7)25-13-15-27(22(4)19-25)35-20-26-14-17-29(34)32-26/h10,12-13,15,18-19,26,28,33H,8-9,11,14,16-17,20,32H2,1-7H3,(H,34,35);10,12-13,15,18-19,26,28,33H,8-9,11,14,16-17,20H2,1-7H3,(H,32,34)/t2*26-,28?/m00/s1. The van der Waals surface area contributed by atoms with Crippen LogP contribution in [-0.2, 0) is 33.3 Å². The third-order valence-electron chi connectivity index (χ3n) is 15.7. The van der Waals surface area contributed by atoms with Crippen LogP contribution in [0.4, 0.5) is 0 Å². The summed E-state index contributed by atoms with van der Waals surface area (Å²) in [7, 11) is 0. The summed E-state index contributed by atoms with van der Waals surface area (Å²) >= 11 is 0. The van der Waals surface area contributed by atoms with E-state index in [1.165, 1.54) is 44.5 Å². The Morgan fingerprint density at radius 1 is 0.634 bits per heavy atom. The lowest BCUT2D eigenvalue weighted by atomic mass is 9.69. The van der Waals surface area contributed by atoms with Gasteiger partial charge in [-0.05, 0) is 171 Å². The zero-order valence-corrected chi connectivity index (χ0v) is 46.2. The van der Waals surface area contributed by atoms with Crippen LogP contribution in [0.5, 0.6) is 11.5 Å². The first-order valence-corrected chi connectivity index (χ1v) is 26.6. The summed E-state index contributed by atoms with van der Waals surface area (Å²) in [5, 5.41) is 32.8. The Hall–Kier alpha value is -4.70. The van der Waals surface area contributed by atoms with Crippen LogP contribution >= 0.6 is 0 Å². The Morgan fingerprint density at radius 2 is 1.03 bits per heavy atom. The largest absolute Gasteiger partial charge is 0.492 e. The van der Waals surface area contributed by atoms with E-state index in [9.17, 15) is 19.8 Å². The fourth-order valence-electron chi connectivity index (χ4n) is 10.3. The van der Waals surface area contributed by atoms with Crippen LogP contribution in [0.3, 0.4) is 0 Å². The molecule has 0 spiro atoms. The molecule has 0 radical (unpaired) electrons. The van der Waals surface area contributed by atoms with Gasteiger partial charge in [0.2, 0.25) is 5.91 Å². The summed E-state index contributed by atoms with van der Waals surface area (Å²) in [5.74, 6) is 0.953. The Labute approximate surface area is 428 Å². The van der Waals surface area contributed by atoms with E-state index in [1.807, 2.05) is 13.0 Å². The first-order chi connectivity index (χ1) is 33.3. The van der Waals surface area contributed by atoms with Crippen molar-refractivity contribution in [1.29, 1.82) is 0 Å². The highest BCUT2D eigenvalue weighted by Crippen LogP contribution is 2.43. The molecule has 9 nitrogen and oxygen atoms in total. The molecule has 4 atom stereocenters. The van der Waals surface area contributed by atoms with E-state index in [0.29, 0.717) is 26.1 Å². The average Bonchev–Trinajstić information content (AvgIpc) is 3.74. The Bertz CT molecular complexity index is 2350. The lowest BCUT2D eigenvalue weighted by Crippen LogP contribution is -2.31. The molecule has 0 saturated carbocycles. The molecule has 6 N–H and O–H groups in total. The number of aryl methyl sites for hydroxylation is 6. The van der Waals surface area contributed by atoms with Gasteiger partial charge < -0.3 is 35.8 Å². The van der Waals surface area contributed by atoms with Crippen molar-refractivity contribution in [2.45, 2.75) is 209 Å². The molecular formula is C62H92N2O7. The van der Waals surface area contributed by atoms with Crippen LogP contribution in [0.1, 0.15) is 189 Å². The predicted molar refractivity (Wildman–Crippen MR) is 292 cm³/mol. The molecule has 2 unspecified atom stereocenters. The van der Waals surface area contributed by atoms with Crippen LogP contribution in [-0.4, -0.2) is 64.7 Å². The van der Waals surface area contributed by atoms with Crippen LogP contribution in [0, 0.1) is 38.5 Å². The minimum absolute atomic E-state index is 0.0490. The van der Waals surface area contributed by atoms with Gasteiger partial charge in [-0.3, -0.25) is 9.59 Å². The molecule has 0 aromatic heterocycles.